The van der Waals surface area contributed by atoms with E-state index in [0.29, 0.717) is 19.3 Å². The van der Waals surface area contributed by atoms with Crippen LogP contribution in [0.3, 0.4) is 0 Å². The summed E-state index contributed by atoms with van der Waals surface area (Å²) in [6.45, 7) is 6.59. The maximum atomic E-state index is 12.8. The van der Waals surface area contributed by atoms with Gasteiger partial charge in [0.2, 0.25) is 0 Å². The Labute approximate surface area is 461 Å². The molecular weight excluding hydrogens is 913 g/mol. The van der Waals surface area contributed by atoms with Crippen molar-refractivity contribution in [3.8, 4) is 0 Å². The van der Waals surface area contributed by atoms with Crippen LogP contribution in [0.4, 0.5) is 0 Å². The quantitative estimate of drug-likeness (QED) is 0.0261. The van der Waals surface area contributed by atoms with E-state index in [0.717, 1.165) is 96.3 Å². The molecule has 0 aromatic carbocycles. The second-order valence-corrected chi connectivity index (χ2v) is 22.4. The van der Waals surface area contributed by atoms with Crippen molar-refractivity contribution in [1.82, 2.24) is 0 Å². The Balaban J connectivity index is 4.10. The van der Waals surface area contributed by atoms with E-state index in [-0.39, 0.29) is 31.1 Å². The Morgan fingerprint density at radius 2 is 0.514 bits per heavy atom. The molecule has 0 fully saturated rings. The third-order valence-corrected chi connectivity index (χ3v) is 14.8. The first kappa shape index (κ1) is 71.6. The predicted molar refractivity (Wildman–Crippen MR) is 321 cm³/mol. The van der Waals surface area contributed by atoms with Crippen LogP contribution < -0.4 is 0 Å². The summed E-state index contributed by atoms with van der Waals surface area (Å²) in [4.78, 5) is 38.2. The molecule has 434 valence electrons. The zero-order valence-corrected chi connectivity index (χ0v) is 49.9. The van der Waals surface area contributed by atoms with Crippen LogP contribution in [0.25, 0.3) is 0 Å². The normalized spacial score (nSPS) is 12.2. The maximum Gasteiger partial charge on any atom is 0.306 e. The van der Waals surface area contributed by atoms with E-state index in [1.165, 1.54) is 225 Å². The van der Waals surface area contributed by atoms with Gasteiger partial charge in [-0.05, 0) is 70.6 Å². The lowest BCUT2D eigenvalue weighted by Crippen LogP contribution is -2.30. The number of allylic oxidation sites excluding steroid dienone is 6. The number of carbonyl (C=O) groups excluding carboxylic acids is 3. The largest absolute Gasteiger partial charge is 0.462 e. The smallest absolute Gasteiger partial charge is 0.306 e. The van der Waals surface area contributed by atoms with E-state index in [2.05, 4.69) is 57.2 Å². The van der Waals surface area contributed by atoms with Gasteiger partial charge in [-0.1, -0.05) is 308 Å². The molecule has 1 unspecified atom stereocenters. The van der Waals surface area contributed by atoms with Crippen LogP contribution in [-0.2, 0) is 28.6 Å². The molecule has 1 atom stereocenters. The summed E-state index contributed by atoms with van der Waals surface area (Å²) in [6.07, 6.45) is 77.5. The molecule has 0 N–H and O–H groups in total. The van der Waals surface area contributed by atoms with Gasteiger partial charge in [-0.25, -0.2) is 0 Å². The van der Waals surface area contributed by atoms with Crippen molar-refractivity contribution in [2.75, 3.05) is 13.2 Å². The molecule has 0 amide bonds. The highest BCUT2D eigenvalue weighted by Crippen LogP contribution is 2.18. The van der Waals surface area contributed by atoms with Gasteiger partial charge < -0.3 is 14.2 Å². The van der Waals surface area contributed by atoms with E-state index >= 15 is 0 Å². The summed E-state index contributed by atoms with van der Waals surface area (Å²) in [7, 11) is 0. The Hall–Kier alpha value is -2.37. The number of unbranched alkanes of at least 4 members (excludes halogenated alkanes) is 44. The number of esters is 3. The maximum absolute atomic E-state index is 12.8. The zero-order valence-electron chi connectivity index (χ0n) is 49.9. The molecular formula is C68H126O6. The van der Waals surface area contributed by atoms with Gasteiger partial charge in [-0.15, -0.1) is 0 Å². The molecule has 0 aromatic heterocycles. The van der Waals surface area contributed by atoms with Crippen molar-refractivity contribution >= 4 is 17.9 Å². The fourth-order valence-electron chi connectivity index (χ4n) is 9.89. The minimum atomic E-state index is -0.780. The molecule has 74 heavy (non-hydrogen) atoms. The lowest BCUT2D eigenvalue weighted by molar-refractivity contribution is -0.167. The summed E-state index contributed by atoms with van der Waals surface area (Å²) < 4.78 is 16.9. The number of rotatable bonds is 61. The van der Waals surface area contributed by atoms with Gasteiger partial charge in [-0.2, -0.15) is 0 Å². The zero-order chi connectivity index (χ0) is 53.6. The Bertz CT molecular complexity index is 1240. The van der Waals surface area contributed by atoms with Gasteiger partial charge >= 0.3 is 17.9 Å². The standard InChI is InChI=1S/C68H126O6/c1-4-7-10-13-16-19-22-25-26-27-28-29-30-31-32-33-34-35-36-37-38-39-40-41-44-46-49-52-55-58-61-67(70)73-64-65(74-68(71)62-59-56-53-50-47-43-24-21-18-15-12-9-6-3)63-72-66(69)60-57-54-51-48-45-42-23-20-17-14-11-8-5-2/h12,15,20-21,23-24,65H,4-11,13-14,16-19,22,25-64H2,1-3H3/b15-12-,23-20-,24-21-. The fourth-order valence-corrected chi connectivity index (χ4v) is 9.89. The van der Waals surface area contributed by atoms with Crippen LogP contribution in [-0.4, -0.2) is 37.2 Å². The summed E-state index contributed by atoms with van der Waals surface area (Å²) >= 11 is 0. The van der Waals surface area contributed by atoms with Crippen LogP contribution in [0.2, 0.25) is 0 Å². The van der Waals surface area contributed by atoms with Crippen LogP contribution in [0.1, 0.15) is 361 Å². The molecule has 6 heteroatoms. The second kappa shape index (κ2) is 63.2. The van der Waals surface area contributed by atoms with E-state index < -0.39 is 6.10 Å². The molecule has 0 aromatic rings. The van der Waals surface area contributed by atoms with Crippen molar-refractivity contribution in [2.45, 2.75) is 367 Å². The molecule has 6 nitrogen and oxygen atoms in total. The third kappa shape index (κ3) is 60.5. The van der Waals surface area contributed by atoms with Crippen LogP contribution >= 0.6 is 0 Å². The number of carbonyl (C=O) groups is 3. The topological polar surface area (TPSA) is 78.9 Å². The lowest BCUT2D eigenvalue weighted by Gasteiger charge is -2.18. The van der Waals surface area contributed by atoms with Gasteiger partial charge in [0, 0.05) is 19.3 Å². The lowest BCUT2D eigenvalue weighted by atomic mass is 10.0. The summed E-state index contributed by atoms with van der Waals surface area (Å²) in [6, 6.07) is 0. The average Bonchev–Trinajstić information content (AvgIpc) is 3.40. The summed E-state index contributed by atoms with van der Waals surface area (Å²) in [5, 5.41) is 0. The number of hydrogen-bond acceptors (Lipinski definition) is 6. The Morgan fingerprint density at radius 1 is 0.270 bits per heavy atom. The molecule has 0 heterocycles. The van der Waals surface area contributed by atoms with Crippen molar-refractivity contribution < 1.29 is 28.6 Å². The minimum Gasteiger partial charge on any atom is -0.462 e. The molecule has 0 rings (SSSR count). The third-order valence-electron chi connectivity index (χ3n) is 14.8. The van der Waals surface area contributed by atoms with Crippen LogP contribution in [0, 0.1) is 0 Å². The highest BCUT2D eigenvalue weighted by Gasteiger charge is 2.19. The van der Waals surface area contributed by atoms with Crippen LogP contribution in [0.15, 0.2) is 36.5 Å². The number of ether oxygens (including phenoxy) is 3. The molecule has 0 aliphatic heterocycles. The van der Waals surface area contributed by atoms with E-state index in [1.807, 2.05) is 0 Å². The van der Waals surface area contributed by atoms with Crippen molar-refractivity contribution in [1.29, 1.82) is 0 Å². The molecule has 0 aliphatic carbocycles. The van der Waals surface area contributed by atoms with Gasteiger partial charge in [0.15, 0.2) is 6.10 Å². The van der Waals surface area contributed by atoms with Gasteiger partial charge in [-0.3, -0.25) is 14.4 Å². The SMILES string of the molecule is CCC/C=C\C/C=C\CCCCCCCC(=O)OC(COC(=O)CCCCCCC/C=C\CCCCCC)COC(=O)CCCCCCCCCCCCCCCCCCCCCCCCCCCCCCCC. The Morgan fingerprint density at radius 3 is 0.824 bits per heavy atom. The summed E-state index contributed by atoms with van der Waals surface area (Å²) in [5.74, 6) is -0.881. The fraction of sp³-hybridized carbons (Fsp3) is 0.868. The van der Waals surface area contributed by atoms with Gasteiger partial charge in [0.05, 0.1) is 0 Å². The molecule has 0 saturated carbocycles. The van der Waals surface area contributed by atoms with Crippen LogP contribution in [0.5, 0.6) is 0 Å². The highest BCUT2D eigenvalue weighted by molar-refractivity contribution is 5.71. The van der Waals surface area contributed by atoms with E-state index in [1.54, 1.807) is 0 Å². The van der Waals surface area contributed by atoms with E-state index in [4.69, 9.17) is 14.2 Å². The second-order valence-electron chi connectivity index (χ2n) is 22.4. The van der Waals surface area contributed by atoms with Gasteiger partial charge in [0.1, 0.15) is 13.2 Å². The van der Waals surface area contributed by atoms with Crippen molar-refractivity contribution in [3.63, 3.8) is 0 Å². The molecule has 0 saturated heterocycles. The number of hydrogen-bond donors (Lipinski definition) is 0. The minimum absolute atomic E-state index is 0.0768. The molecule has 0 spiro atoms. The first-order chi connectivity index (χ1) is 36.5. The average molecular weight is 1040 g/mol. The van der Waals surface area contributed by atoms with Crippen molar-refractivity contribution in [3.05, 3.63) is 36.5 Å². The van der Waals surface area contributed by atoms with Gasteiger partial charge in [0.25, 0.3) is 0 Å². The molecule has 0 aliphatic rings. The first-order valence-corrected chi connectivity index (χ1v) is 33.0. The molecule has 0 radical (unpaired) electrons. The highest BCUT2D eigenvalue weighted by atomic mass is 16.6. The monoisotopic (exact) mass is 1040 g/mol. The molecule has 0 bridgehead atoms. The Kier molecular flexibility index (Phi) is 61.1. The van der Waals surface area contributed by atoms with E-state index in [9.17, 15) is 14.4 Å². The predicted octanol–water partition coefficient (Wildman–Crippen LogP) is 22.4. The summed E-state index contributed by atoms with van der Waals surface area (Å²) in [5.41, 5.74) is 0. The van der Waals surface area contributed by atoms with Crippen molar-refractivity contribution in [2.24, 2.45) is 0 Å². The first-order valence-electron chi connectivity index (χ1n) is 33.0.